The summed E-state index contributed by atoms with van der Waals surface area (Å²) in [5.41, 5.74) is 2.62. The minimum absolute atomic E-state index is 0.664. The van der Waals surface area contributed by atoms with E-state index in [1.807, 2.05) is 28.8 Å². The summed E-state index contributed by atoms with van der Waals surface area (Å²) in [4.78, 5) is 18.0. The number of aldehydes is 1. The highest BCUT2D eigenvalue weighted by Gasteiger charge is 2.18. The molecule has 4 heteroatoms. The highest BCUT2D eigenvalue weighted by atomic mass is 16.1. The van der Waals surface area contributed by atoms with E-state index in [0.717, 1.165) is 30.6 Å². The molecule has 0 saturated carbocycles. The average Bonchev–Trinajstić information content (AvgIpc) is 2.80. The van der Waals surface area contributed by atoms with E-state index in [9.17, 15) is 4.79 Å². The van der Waals surface area contributed by atoms with Crippen molar-refractivity contribution in [1.82, 2.24) is 14.3 Å². The van der Waals surface area contributed by atoms with Crippen LogP contribution in [0.4, 0.5) is 0 Å². The van der Waals surface area contributed by atoms with Crippen molar-refractivity contribution in [2.45, 2.75) is 19.3 Å². The maximum atomic E-state index is 11.0. The van der Waals surface area contributed by atoms with Gasteiger partial charge in [0.2, 0.25) is 0 Å². The molecular weight excluding hydrogens is 238 g/mol. The maximum Gasteiger partial charge on any atom is 0.166 e. The van der Waals surface area contributed by atoms with Crippen molar-refractivity contribution in [1.29, 1.82) is 0 Å². The minimum atomic E-state index is 0.664. The third-order valence-corrected chi connectivity index (χ3v) is 3.91. The highest BCUT2D eigenvalue weighted by Crippen LogP contribution is 2.20. The molecule has 1 saturated heterocycles. The van der Waals surface area contributed by atoms with Crippen molar-refractivity contribution in [3.8, 4) is 0 Å². The number of hydrogen-bond donors (Lipinski definition) is 0. The SMILES string of the molecule is CN1CCCC(Cc2cn3c(C=O)cccc3n2)C1. The average molecular weight is 257 g/mol. The molecule has 3 rings (SSSR count). The second kappa shape index (κ2) is 5.13. The van der Waals surface area contributed by atoms with Gasteiger partial charge in [0.1, 0.15) is 5.65 Å². The fourth-order valence-corrected chi connectivity index (χ4v) is 3.01. The van der Waals surface area contributed by atoms with Crippen LogP contribution >= 0.6 is 0 Å². The van der Waals surface area contributed by atoms with E-state index in [0.29, 0.717) is 11.6 Å². The number of carbonyl (C=O) groups excluding carboxylic acids is 1. The van der Waals surface area contributed by atoms with Gasteiger partial charge in [-0.1, -0.05) is 6.07 Å². The number of imidazole rings is 1. The molecule has 19 heavy (non-hydrogen) atoms. The first kappa shape index (κ1) is 12.4. The standard InChI is InChI=1S/C15H19N3O/c1-17-7-3-4-12(9-17)8-13-10-18-14(11-19)5-2-6-15(18)16-13/h2,5-6,10-12H,3-4,7-9H2,1H3. The summed E-state index contributed by atoms with van der Waals surface area (Å²) >= 11 is 0. The number of nitrogens with zero attached hydrogens (tertiary/aromatic N) is 3. The first-order chi connectivity index (χ1) is 9.26. The molecule has 100 valence electrons. The maximum absolute atomic E-state index is 11.0. The first-order valence-electron chi connectivity index (χ1n) is 6.87. The Morgan fingerprint density at radius 2 is 2.37 bits per heavy atom. The van der Waals surface area contributed by atoms with E-state index in [4.69, 9.17) is 0 Å². The molecule has 0 radical (unpaired) electrons. The monoisotopic (exact) mass is 257 g/mol. The molecule has 0 amide bonds. The van der Waals surface area contributed by atoms with Crippen LogP contribution in [0, 0.1) is 5.92 Å². The molecule has 1 unspecified atom stereocenters. The largest absolute Gasteiger partial charge is 0.306 e. The van der Waals surface area contributed by atoms with Crippen LogP contribution in [0.3, 0.4) is 0 Å². The van der Waals surface area contributed by atoms with Gasteiger partial charge in [-0.2, -0.15) is 0 Å². The zero-order valence-corrected chi connectivity index (χ0v) is 11.2. The molecule has 0 spiro atoms. The Bertz CT molecular complexity index is 590. The molecule has 1 atom stereocenters. The van der Waals surface area contributed by atoms with Crippen LogP contribution in [0.1, 0.15) is 29.0 Å². The molecule has 0 bridgehead atoms. The van der Waals surface area contributed by atoms with Crippen molar-refractivity contribution in [2.24, 2.45) is 5.92 Å². The molecule has 2 aromatic heterocycles. The van der Waals surface area contributed by atoms with E-state index >= 15 is 0 Å². The molecule has 1 aliphatic heterocycles. The lowest BCUT2D eigenvalue weighted by molar-refractivity contribution is 0.111. The van der Waals surface area contributed by atoms with Crippen molar-refractivity contribution >= 4 is 11.9 Å². The van der Waals surface area contributed by atoms with Gasteiger partial charge in [0.25, 0.3) is 0 Å². The molecule has 0 N–H and O–H groups in total. The van der Waals surface area contributed by atoms with E-state index in [-0.39, 0.29) is 0 Å². The van der Waals surface area contributed by atoms with Crippen LogP contribution in [-0.4, -0.2) is 40.7 Å². The lowest BCUT2D eigenvalue weighted by Gasteiger charge is -2.29. The fourth-order valence-electron chi connectivity index (χ4n) is 3.01. The number of rotatable bonds is 3. The molecular formula is C15H19N3O. The second-order valence-electron chi connectivity index (χ2n) is 5.50. The number of hydrogen-bond acceptors (Lipinski definition) is 3. The molecule has 0 aromatic carbocycles. The highest BCUT2D eigenvalue weighted by molar-refractivity contribution is 5.73. The molecule has 1 fully saturated rings. The second-order valence-corrected chi connectivity index (χ2v) is 5.50. The lowest BCUT2D eigenvalue weighted by atomic mass is 9.94. The topological polar surface area (TPSA) is 37.6 Å². The van der Waals surface area contributed by atoms with Crippen molar-refractivity contribution in [3.05, 3.63) is 35.8 Å². The van der Waals surface area contributed by atoms with Gasteiger partial charge < -0.3 is 4.90 Å². The van der Waals surface area contributed by atoms with Gasteiger partial charge in [0, 0.05) is 12.7 Å². The summed E-state index contributed by atoms with van der Waals surface area (Å²) < 4.78 is 1.88. The summed E-state index contributed by atoms with van der Waals surface area (Å²) in [6.07, 6.45) is 6.44. The van der Waals surface area contributed by atoms with Crippen LogP contribution in [0.5, 0.6) is 0 Å². The summed E-state index contributed by atoms with van der Waals surface area (Å²) in [5, 5.41) is 0. The van der Waals surface area contributed by atoms with Crippen molar-refractivity contribution in [2.75, 3.05) is 20.1 Å². The Hall–Kier alpha value is -1.68. The predicted molar refractivity (Wildman–Crippen MR) is 74.5 cm³/mol. The Morgan fingerprint density at radius 3 is 3.16 bits per heavy atom. The Kier molecular flexibility index (Phi) is 3.34. The molecule has 2 aromatic rings. The summed E-state index contributed by atoms with van der Waals surface area (Å²) in [7, 11) is 2.18. The van der Waals surface area contributed by atoms with Crippen molar-refractivity contribution in [3.63, 3.8) is 0 Å². The van der Waals surface area contributed by atoms with Gasteiger partial charge in [-0.25, -0.2) is 4.98 Å². The first-order valence-corrected chi connectivity index (χ1v) is 6.87. The lowest BCUT2D eigenvalue weighted by Crippen LogP contribution is -2.33. The van der Waals surface area contributed by atoms with Crippen LogP contribution in [0.2, 0.25) is 0 Å². The van der Waals surface area contributed by atoms with Crippen molar-refractivity contribution < 1.29 is 4.79 Å². The summed E-state index contributed by atoms with van der Waals surface area (Å²) in [6.45, 7) is 2.35. The van der Waals surface area contributed by atoms with Crippen LogP contribution < -0.4 is 0 Å². The van der Waals surface area contributed by atoms with Gasteiger partial charge in [-0.15, -0.1) is 0 Å². The number of likely N-dealkylation sites (tertiary alicyclic amines) is 1. The molecule has 4 nitrogen and oxygen atoms in total. The van der Waals surface area contributed by atoms with E-state index in [1.165, 1.54) is 19.4 Å². The van der Waals surface area contributed by atoms with Crippen LogP contribution in [0.15, 0.2) is 24.4 Å². The number of piperidine rings is 1. The smallest absolute Gasteiger partial charge is 0.166 e. The molecule has 3 heterocycles. The van der Waals surface area contributed by atoms with Gasteiger partial charge in [-0.3, -0.25) is 9.20 Å². The quantitative estimate of drug-likeness (QED) is 0.790. The van der Waals surface area contributed by atoms with Gasteiger partial charge in [-0.05, 0) is 50.9 Å². The number of pyridine rings is 1. The fraction of sp³-hybridized carbons (Fsp3) is 0.467. The number of aromatic nitrogens is 2. The van der Waals surface area contributed by atoms with Crippen LogP contribution in [-0.2, 0) is 6.42 Å². The summed E-state index contributed by atoms with van der Waals surface area (Å²) in [5.74, 6) is 0.684. The Balaban J connectivity index is 1.83. The van der Waals surface area contributed by atoms with Gasteiger partial charge in [0.15, 0.2) is 6.29 Å². The minimum Gasteiger partial charge on any atom is -0.306 e. The van der Waals surface area contributed by atoms with Gasteiger partial charge in [0.05, 0.1) is 11.4 Å². The zero-order chi connectivity index (χ0) is 13.2. The van der Waals surface area contributed by atoms with E-state index in [2.05, 4.69) is 16.9 Å². The summed E-state index contributed by atoms with van der Waals surface area (Å²) in [6, 6.07) is 5.65. The zero-order valence-electron chi connectivity index (χ0n) is 11.2. The van der Waals surface area contributed by atoms with E-state index < -0.39 is 0 Å². The van der Waals surface area contributed by atoms with E-state index in [1.54, 1.807) is 0 Å². The third-order valence-electron chi connectivity index (χ3n) is 3.91. The van der Waals surface area contributed by atoms with Gasteiger partial charge >= 0.3 is 0 Å². The molecule has 1 aliphatic rings. The van der Waals surface area contributed by atoms with Crippen LogP contribution in [0.25, 0.3) is 5.65 Å². The number of carbonyl (C=O) groups is 1. The third kappa shape index (κ3) is 2.54. The number of fused-ring (bicyclic) bond motifs is 1. The molecule has 0 aliphatic carbocycles. The normalized spacial score (nSPS) is 20.8. The Morgan fingerprint density at radius 1 is 1.47 bits per heavy atom. The Labute approximate surface area is 113 Å². The predicted octanol–water partition coefficient (Wildman–Crippen LogP) is 2.03.